The van der Waals surface area contributed by atoms with Crippen LogP contribution in [0.15, 0.2) is 18.2 Å². The van der Waals surface area contributed by atoms with Gasteiger partial charge in [0.15, 0.2) is 5.78 Å². The maximum absolute atomic E-state index is 12.6. The standard InChI is InChI=1S/C14H12F3NO4/c1-7-4-10(7)13(20)6-12(19)9-3-2-8(14(15,16)17)5-11(9)18(21)22/h2-3,5,7,10H,4,6H2,1H3. The second-order valence-electron chi connectivity index (χ2n) is 5.37. The number of carbonyl (C=O) groups is 2. The van der Waals surface area contributed by atoms with E-state index in [2.05, 4.69) is 0 Å². The van der Waals surface area contributed by atoms with E-state index in [4.69, 9.17) is 0 Å². The van der Waals surface area contributed by atoms with Crippen LogP contribution in [0.1, 0.15) is 35.7 Å². The van der Waals surface area contributed by atoms with Crippen LogP contribution in [0.4, 0.5) is 18.9 Å². The van der Waals surface area contributed by atoms with E-state index in [1.54, 1.807) is 0 Å². The van der Waals surface area contributed by atoms with Gasteiger partial charge in [0.05, 0.1) is 22.5 Å². The minimum atomic E-state index is -4.74. The van der Waals surface area contributed by atoms with Crippen molar-refractivity contribution in [2.75, 3.05) is 0 Å². The van der Waals surface area contributed by atoms with E-state index in [1.807, 2.05) is 6.92 Å². The number of benzene rings is 1. The van der Waals surface area contributed by atoms with Crippen molar-refractivity contribution in [3.63, 3.8) is 0 Å². The molecule has 2 atom stereocenters. The SMILES string of the molecule is CC1CC1C(=O)CC(=O)c1ccc(C(F)(F)F)cc1[N+](=O)[O-]. The van der Waals surface area contributed by atoms with E-state index in [1.165, 1.54) is 0 Å². The Balaban J connectivity index is 2.28. The molecule has 0 spiro atoms. The third-order valence-electron chi connectivity index (χ3n) is 3.68. The molecule has 0 aliphatic heterocycles. The zero-order valence-corrected chi connectivity index (χ0v) is 11.5. The molecule has 1 aliphatic carbocycles. The van der Waals surface area contributed by atoms with Gasteiger partial charge in [-0.25, -0.2) is 0 Å². The van der Waals surface area contributed by atoms with E-state index in [0.29, 0.717) is 18.6 Å². The molecule has 0 amide bonds. The summed E-state index contributed by atoms with van der Waals surface area (Å²) >= 11 is 0. The van der Waals surface area contributed by atoms with Crippen molar-refractivity contribution < 1.29 is 27.7 Å². The van der Waals surface area contributed by atoms with Crippen molar-refractivity contribution >= 4 is 17.3 Å². The summed E-state index contributed by atoms with van der Waals surface area (Å²) in [7, 11) is 0. The van der Waals surface area contributed by atoms with Gasteiger partial charge in [-0.3, -0.25) is 19.7 Å². The van der Waals surface area contributed by atoms with Gasteiger partial charge in [-0.15, -0.1) is 0 Å². The van der Waals surface area contributed by atoms with Crippen molar-refractivity contribution in [1.82, 2.24) is 0 Å². The minimum absolute atomic E-state index is 0.183. The highest BCUT2D eigenvalue weighted by molar-refractivity contribution is 6.11. The third-order valence-corrected chi connectivity index (χ3v) is 3.68. The Bertz CT molecular complexity index is 654. The number of Topliss-reactive ketones (excluding diaryl/α,β-unsaturated/α-hetero) is 2. The topological polar surface area (TPSA) is 77.3 Å². The Morgan fingerprint density at radius 1 is 1.36 bits per heavy atom. The average molecular weight is 315 g/mol. The second-order valence-corrected chi connectivity index (χ2v) is 5.37. The first-order chi connectivity index (χ1) is 10.1. The molecule has 0 bridgehead atoms. The van der Waals surface area contributed by atoms with Gasteiger partial charge in [0.2, 0.25) is 0 Å². The number of nitrogens with zero attached hydrogens (tertiary/aromatic N) is 1. The number of ketones is 2. The minimum Gasteiger partial charge on any atom is -0.299 e. The van der Waals surface area contributed by atoms with E-state index in [0.717, 1.165) is 6.07 Å². The van der Waals surface area contributed by atoms with Gasteiger partial charge in [-0.1, -0.05) is 6.92 Å². The number of alkyl halides is 3. The molecule has 1 aliphatic rings. The summed E-state index contributed by atoms with van der Waals surface area (Å²) in [6.45, 7) is 1.84. The summed E-state index contributed by atoms with van der Waals surface area (Å²) in [5.41, 5.74) is -2.62. The first kappa shape index (κ1) is 16.1. The maximum Gasteiger partial charge on any atom is 0.416 e. The molecule has 1 aromatic carbocycles. The molecule has 1 saturated carbocycles. The number of halogens is 3. The van der Waals surface area contributed by atoms with Crippen LogP contribution in [0, 0.1) is 22.0 Å². The highest BCUT2D eigenvalue weighted by Gasteiger charge is 2.40. The Morgan fingerprint density at radius 2 is 1.95 bits per heavy atom. The van der Waals surface area contributed by atoms with Crippen molar-refractivity contribution in [2.45, 2.75) is 25.9 Å². The first-order valence-electron chi connectivity index (χ1n) is 6.52. The van der Waals surface area contributed by atoms with E-state index in [-0.39, 0.29) is 17.6 Å². The fraction of sp³-hybridized carbons (Fsp3) is 0.429. The molecule has 0 radical (unpaired) electrons. The number of nitro groups is 1. The number of rotatable bonds is 5. The van der Waals surface area contributed by atoms with Gasteiger partial charge in [-0.05, 0) is 24.5 Å². The molecule has 8 heteroatoms. The summed E-state index contributed by atoms with van der Waals surface area (Å²) in [4.78, 5) is 33.6. The molecule has 1 aromatic rings. The van der Waals surface area contributed by atoms with Gasteiger partial charge in [-0.2, -0.15) is 13.2 Å². The summed E-state index contributed by atoms with van der Waals surface area (Å²) in [5, 5.41) is 10.9. The van der Waals surface area contributed by atoms with Gasteiger partial charge < -0.3 is 0 Å². The Hall–Kier alpha value is -2.25. The molecule has 2 unspecified atom stereocenters. The molecular formula is C14H12F3NO4. The fourth-order valence-electron chi connectivity index (χ4n) is 2.25. The van der Waals surface area contributed by atoms with Crippen LogP contribution in [-0.4, -0.2) is 16.5 Å². The van der Waals surface area contributed by atoms with Crippen LogP contribution in [0.3, 0.4) is 0 Å². The monoisotopic (exact) mass is 315 g/mol. The average Bonchev–Trinajstić information content (AvgIpc) is 3.14. The number of hydrogen-bond donors (Lipinski definition) is 0. The van der Waals surface area contributed by atoms with Crippen LogP contribution in [0.25, 0.3) is 0 Å². The summed E-state index contributed by atoms with van der Waals surface area (Å²) < 4.78 is 37.7. The lowest BCUT2D eigenvalue weighted by Gasteiger charge is -2.08. The molecule has 1 fully saturated rings. The molecule has 2 rings (SSSR count). The van der Waals surface area contributed by atoms with Crippen molar-refractivity contribution in [2.24, 2.45) is 11.8 Å². The Labute approximate surface area is 123 Å². The predicted molar refractivity (Wildman–Crippen MR) is 69.3 cm³/mol. The molecule has 0 aromatic heterocycles. The van der Waals surface area contributed by atoms with Crippen LogP contribution in [-0.2, 0) is 11.0 Å². The predicted octanol–water partition coefficient (Wildman–Crippen LogP) is 3.41. The summed E-state index contributed by atoms with van der Waals surface area (Å²) in [6.07, 6.45) is -4.60. The van der Waals surface area contributed by atoms with Crippen LogP contribution >= 0.6 is 0 Å². The van der Waals surface area contributed by atoms with Crippen molar-refractivity contribution in [3.8, 4) is 0 Å². The zero-order chi connectivity index (χ0) is 16.7. The fourth-order valence-corrected chi connectivity index (χ4v) is 2.25. The van der Waals surface area contributed by atoms with Crippen molar-refractivity contribution in [1.29, 1.82) is 0 Å². The first-order valence-corrected chi connectivity index (χ1v) is 6.52. The highest BCUT2D eigenvalue weighted by Crippen LogP contribution is 2.39. The van der Waals surface area contributed by atoms with Crippen LogP contribution < -0.4 is 0 Å². The molecule has 22 heavy (non-hydrogen) atoms. The van der Waals surface area contributed by atoms with Gasteiger partial charge >= 0.3 is 6.18 Å². The molecule has 0 saturated heterocycles. The lowest BCUT2D eigenvalue weighted by Crippen LogP contribution is -2.13. The number of nitro benzene ring substituents is 1. The van der Waals surface area contributed by atoms with Gasteiger partial charge in [0.1, 0.15) is 5.78 Å². The molecular weight excluding hydrogens is 303 g/mol. The molecule has 5 nitrogen and oxygen atoms in total. The normalized spacial score (nSPS) is 20.5. The molecule has 0 heterocycles. The zero-order valence-electron chi connectivity index (χ0n) is 11.5. The molecule has 0 N–H and O–H groups in total. The van der Waals surface area contributed by atoms with E-state index < -0.39 is 40.1 Å². The maximum atomic E-state index is 12.6. The Kier molecular flexibility index (Phi) is 4.04. The third kappa shape index (κ3) is 3.32. The van der Waals surface area contributed by atoms with E-state index in [9.17, 15) is 32.9 Å². The van der Waals surface area contributed by atoms with Crippen LogP contribution in [0.2, 0.25) is 0 Å². The molecule has 118 valence electrons. The highest BCUT2D eigenvalue weighted by atomic mass is 19.4. The largest absolute Gasteiger partial charge is 0.416 e. The summed E-state index contributed by atoms with van der Waals surface area (Å²) in [5.74, 6) is -1.20. The smallest absolute Gasteiger partial charge is 0.299 e. The number of carbonyl (C=O) groups excluding carboxylic acids is 2. The Morgan fingerprint density at radius 3 is 2.41 bits per heavy atom. The van der Waals surface area contributed by atoms with Crippen molar-refractivity contribution in [3.05, 3.63) is 39.4 Å². The van der Waals surface area contributed by atoms with Crippen LogP contribution in [0.5, 0.6) is 0 Å². The van der Waals surface area contributed by atoms with Gasteiger partial charge in [0.25, 0.3) is 5.69 Å². The van der Waals surface area contributed by atoms with Gasteiger partial charge in [0, 0.05) is 12.0 Å². The quantitative estimate of drug-likeness (QED) is 0.361. The summed E-state index contributed by atoms with van der Waals surface area (Å²) in [6, 6.07) is 1.68. The van der Waals surface area contributed by atoms with E-state index >= 15 is 0 Å². The lowest BCUT2D eigenvalue weighted by molar-refractivity contribution is -0.385. The second kappa shape index (κ2) is 5.51. The number of hydrogen-bond acceptors (Lipinski definition) is 4. The lowest BCUT2D eigenvalue weighted by atomic mass is 10.00.